The molecule has 1 N–H and O–H groups in total. The number of fused-ring (bicyclic) bond motifs is 1. The summed E-state index contributed by atoms with van der Waals surface area (Å²) in [5.74, 6) is -0.469. The molecule has 116 valence electrons. The summed E-state index contributed by atoms with van der Waals surface area (Å²) in [6, 6.07) is 13.5. The number of aromatic nitrogens is 1. The zero-order chi connectivity index (χ0) is 16.4. The maximum Gasteiger partial charge on any atom is 0.252 e. The van der Waals surface area contributed by atoms with Crippen molar-refractivity contribution in [2.75, 3.05) is 0 Å². The minimum atomic E-state index is -0.291. The molecular weight excluding hydrogens is 359 g/mol. The Morgan fingerprint density at radius 3 is 2.65 bits per heavy atom. The van der Waals surface area contributed by atoms with Crippen molar-refractivity contribution in [3.8, 4) is 0 Å². The van der Waals surface area contributed by atoms with Gasteiger partial charge in [0.05, 0.1) is 11.1 Å². The molecule has 3 nitrogen and oxygen atoms in total. The van der Waals surface area contributed by atoms with Crippen molar-refractivity contribution >= 4 is 32.7 Å². The molecule has 1 heterocycles. The Bertz CT molecular complexity index is 878. The highest BCUT2D eigenvalue weighted by Gasteiger charge is 2.12. The molecule has 0 bridgehead atoms. The van der Waals surface area contributed by atoms with E-state index in [9.17, 15) is 9.18 Å². The van der Waals surface area contributed by atoms with Crippen molar-refractivity contribution in [1.82, 2.24) is 10.3 Å². The average Bonchev–Trinajstić information content (AvgIpc) is 2.53. The predicted molar refractivity (Wildman–Crippen MR) is 91.8 cm³/mol. The molecule has 0 saturated carbocycles. The van der Waals surface area contributed by atoms with Crippen LogP contribution in [-0.2, 0) is 6.54 Å². The Morgan fingerprint density at radius 1 is 1.17 bits per heavy atom. The van der Waals surface area contributed by atoms with E-state index in [1.54, 1.807) is 18.2 Å². The second kappa shape index (κ2) is 6.46. The van der Waals surface area contributed by atoms with E-state index in [-0.39, 0.29) is 11.7 Å². The summed E-state index contributed by atoms with van der Waals surface area (Å²) in [4.78, 5) is 17.0. The number of nitrogens with one attached hydrogen (secondary N) is 1. The molecule has 1 amide bonds. The first-order chi connectivity index (χ1) is 11.0. The number of benzene rings is 2. The molecule has 5 heteroatoms. The Hall–Kier alpha value is -2.27. The highest BCUT2D eigenvalue weighted by atomic mass is 79.9. The Labute approximate surface area is 141 Å². The molecule has 0 spiro atoms. The van der Waals surface area contributed by atoms with Gasteiger partial charge in [-0.2, -0.15) is 0 Å². The maximum absolute atomic E-state index is 12.9. The highest BCUT2D eigenvalue weighted by molar-refractivity contribution is 9.10. The van der Waals surface area contributed by atoms with Gasteiger partial charge in [0, 0.05) is 22.1 Å². The topological polar surface area (TPSA) is 42.0 Å². The SMILES string of the molecule is Cc1cc(C(=O)NCc2ccc(F)cc2)c2cc(Br)ccc2n1. The van der Waals surface area contributed by atoms with Gasteiger partial charge in [-0.3, -0.25) is 9.78 Å². The van der Waals surface area contributed by atoms with Crippen molar-refractivity contribution in [2.45, 2.75) is 13.5 Å². The smallest absolute Gasteiger partial charge is 0.252 e. The van der Waals surface area contributed by atoms with Crippen molar-refractivity contribution in [3.05, 3.63) is 75.6 Å². The van der Waals surface area contributed by atoms with E-state index >= 15 is 0 Å². The van der Waals surface area contributed by atoms with Crippen LogP contribution >= 0.6 is 15.9 Å². The quantitative estimate of drug-likeness (QED) is 0.741. The zero-order valence-electron chi connectivity index (χ0n) is 12.4. The molecule has 3 rings (SSSR count). The summed E-state index contributed by atoms with van der Waals surface area (Å²) < 4.78 is 13.8. The van der Waals surface area contributed by atoms with Gasteiger partial charge in [0.2, 0.25) is 0 Å². The molecule has 0 aliphatic rings. The second-order valence-corrected chi connectivity index (χ2v) is 6.20. The van der Waals surface area contributed by atoms with Crippen molar-refractivity contribution in [2.24, 2.45) is 0 Å². The number of amides is 1. The zero-order valence-corrected chi connectivity index (χ0v) is 14.0. The van der Waals surface area contributed by atoms with Crippen LogP contribution in [0.3, 0.4) is 0 Å². The second-order valence-electron chi connectivity index (χ2n) is 5.28. The molecule has 0 aliphatic heterocycles. The molecule has 0 radical (unpaired) electrons. The Kier molecular flexibility index (Phi) is 4.39. The van der Waals surface area contributed by atoms with Gasteiger partial charge in [0.15, 0.2) is 0 Å². The van der Waals surface area contributed by atoms with Crippen LogP contribution in [0.4, 0.5) is 4.39 Å². The van der Waals surface area contributed by atoms with Crippen LogP contribution in [0.15, 0.2) is 53.0 Å². The van der Waals surface area contributed by atoms with Gasteiger partial charge in [-0.05, 0) is 48.9 Å². The third kappa shape index (κ3) is 3.56. The van der Waals surface area contributed by atoms with Gasteiger partial charge in [-0.1, -0.05) is 28.1 Å². The van der Waals surface area contributed by atoms with Crippen molar-refractivity contribution in [1.29, 1.82) is 0 Å². The molecule has 0 atom stereocenters. The fourth-order valence-corrected chi connectivity index (χ4v) is 2.76. The average molecular weight is 373 g/mol. The maximum atomic E-state index is 12.9. The third-order valence-corrected chi connectivity index (χ3v) is 4.00. The summed E-state index contributed by atoms with van der Waals surface area (Å²) >= 11 is 3.42. The van der Waals surface area contributed by atoms with E-state index in [2.05, 4.69) is 26.2 Å². The number of rotatable bonds is 3. The fourth-order valence-electron chi connectivity index (χ4n) is 2.40. The van der Waals surface area contributed by atoms with Gasteiger partial charge in [-0.15, -0.1) is 0 Å². The number of hydrogen-bond donors (Lipinski definition) is 1. The molecule has 3 aromatic rings. The summed E-state index contributed by atoms with van der Waals surface area (Å²) in [6.45, 7) is 2.20. The van der Waals surface area contributed by atoms with E-state index in [1.165, 1.54) is 12.1 Å². The van der Waals surface area contributed by atoms with Gasteiger partial charge in [-0.25, -0.2) is 4.39 Å². The summed E-state index contributed by atoms with van der Waals surface area (Å²) in [5.41, 5.74) is 2.99. The van der Waals surface area contributed by atoms with Crippen LogP contribution in [0, 0.1) is 12.7 Å². The lowest BCUT2D eigenvalue weighted by molar-refractivity contribution is 0.0952. The van der Waals surface area contributed by atoms with Gasteiger partial charge >= 0.3 is 0 Å². The number of carbonyl (C=O) groups excluding carboxylic acids is 1. The first-order valence-corrected chi connectivity index (χ1v) is 7.92. The normalized spacial score (nSPS) is 10.7. The fraction of sp³-hybridized carbons (Fsp3) is 0.111. The molecular formula is C18H14BrFN2O. The number of hydrogen-bond acceptors (Lipinski definition) is 2. The lowest BCUT2D eigenvalue weighted by Gasteiger charge is -2.09. The third-order valence-electron chi connectivity index (χ3n) is 3.51. The molecule has 0 fully saturated rings. The number of halogens is 2. The summed E-state index contributed by atoms with van der Waals surface area (Å²) in [7, 11) is 0. The molecule has 23 heavy (non-hydrogen) atoms. The van der Waals surface area contributed by atoms with E-state index in [1.807, 2.05) is 25.1 Å². The number of pyridine rings is 1. The minimum Gasteiger partial charge on any atom is -0.348 e. The lowest BCUT2D eigenvalue weighted by Crippen LogP contribution is -2.23. The summed E-state index contributed by atoms with van der Waals surface area (Å²) in [6.07, 6.45) is 0. The number of aryl methyl sites for hydroxylation is 1. The standard InChI is InChI=1S/C18H14BrFN2O/c1-11-8-16(15-9-13(19)4-7-17(15)22-11)18(23)21-10-12-2-5-14(20)6-3-12/h2-9H,10H2,1H3,(H,21,23). The minimum absolute atomic E-state index is 0.178. The van der Waals surface area contributed by atoms with Gasteiger partial charge in [0.1, 0.15) is 5.82 Å². The first-order valence-electron chi connectivity index (χ1n) is 7.12. The highest BCUT2D eigenvalue weighted by Crippen LogP contribution is 2.23. The molecule has 0 unspecified atom stereocenters. The van der Waals surface area contributed by atoms with Crippen LogP contribution in [0.5, 0.6) is 0 Å². The van der Waals surface area contributed by atoms with Crippen LogP contribution in [0.25, 0.3) is 10.9 Å². The van der Waals surface area contributed by atoms with Crippen molar-refractivity contribution in [3.63, 3.8) is 0 Å². The largest absolute Gasteiger partial charge is 0.348 e. The first kappa shape index (κ1) is 15.6. The van der Waals surface area contributed by atoms with Gasteiger partial charge in [0.25, 0.3) is 5.91 Å². The predicted octanol–water partition coefficient (Wildman–Crippen LogP) is 4.37. The number of carbonyl (C=O) groups is 1. The van der Waals surface area contributed by atoms with E-state index in [0.29, 0.717) is 12.1 Å². The van der Waals surface area contributed by atoms with Crippen LogP contribution < -0.4 is 5.32 Å². The van der Waals surface area contributed by atoms with Crippen LogP contribution in [0.2, 0.25) is 0 Å². The Morgan fingerprint density at radius 2 is 1.91 bits per heavy atom. The van der Waals surface area contributed by atoms with Crippen molar-refractivity contribution < 1.29 is 9.18 Å². The van der Waals surface area contributed by atoms with E-state index in [4.69, 9.17) is 0 Å². The summed E-state index contributed by atoms with van der Waals surface area (Å²) in [5, 5.41) is 3.66. The monoisotopic (exact) mass is 372 g/mol. The molecule has 1 aromatic heterocycles. The van der Waals surface area contributed by atoms with Gasteiger partial charge < -0.3 is 5.32 Å². The lowest BCUT2D eigenvalue weighted by atomic mass is 10.1. The van der Waals surface area contributed by atoms with Crippen LogP contribution in [0.1, 0.15) is 21.6 Å². The number of nitrogens with zero attached hydrogens (tertiary/aromatic N) is 1. The molecule has 0 aliphatic carbocycles. The van der Waals surface area contributed by atoms with E-state index in [0.717, 1.165) is 26.6 Å². The van der Waals surface area contributed by atoms with Crippen LogP contribution in [-0.4, -0.2) is 10.9 Å². The Balaban J connectivity index is 1.88. The molecule has 2 aromatic carbocycles. The van der Waals surface area contributed by atoms with E-state index < -0.39 is 0 Å². The molecule has 0 saturated heterocycles.